The molecule has 2 fully saturated rings. The Labute approximate surface area is 121 Å². The monoisotopic (exact) mass is 304 g/mol. The lowest BCUT2D eigenvalue weighted by atomic mass is 10.1. The molecule has 2 saturated heterocycles. The fourth-order valence-corrected chi connectivity index (χ4v) is 3.59. The first-order valence-electron chi connectivity index (χ1n) is 6.72. The Kier molecular flexibility index (Phi) is 5.50. The number of carbonyl (C=O) groups excluding carboxylic acids is 1. The fraction of sp³-hybridized carbons (Fsp3) is 0.833. The molecule has 0 unspecified atom stereocenters. The summed E-state index contributed by atoms with van der Waals surface area (Å²) >= 11 is 1.47. The topological polar surface area (TPSA) is 90.3 Å². The first kappa shape index (κ1) is 15.4. The van der Waals surface area contributed by atoms with Crippen LogP contribution in [0.5, 0.6) is 0 Å². The number of rotatable bonds is 4. The Morgan fingerprint density at radius 2 is 2.00 bits per heavy atom. The quantitative estimate of drug-likeness (QED) is 0.762. The number of likely N-dealkylation sites (tertiary alicyclic amines) is 1. The van der Waals surface area contributed by atoms with Crippen LogP contribution in [0.2, 0.25) is 0 Å². The molecule has 0 aromatic rings. The average Bonchev–Trinajstić information content (AvgIpc) is 2.94. The standard InChI is InChI=1S/C12H20N2O5S/c15-5-6-19-9-1-3-13(4-2-9)12(18)14-8-20-7-10(14)11(16)17/h9-10,15H,1-8H2,(H,16,17)/t10-/m0/s1. The number of carboxylic acids is 1. The molecule has 0 bridgehead atoms. The zero-order valence-corrected chi connectivity index (χ0v) is 12.0. The number of ether oxygens (including phenoxy) is 1. The van der Waals surface area contributed by atoms with Crippen LogP contribution in [0.15, 0.2) is 0 Å². The van der Waals surface area contributed by atoms with Gasteiger partial charge in [0.2, 0.25) is 0 Å². The molecule has 2 amide bonds. The SMILES string of the molecule is O=C(O)[C@@H]1CSCN1C(=O)N1CCC(OCCO)CC1. The van der Waals surface area contributed by atoms with Gasteiger partial charge in [-0.2, -0.15) is 0 Å². The van der Waals surface area contributed by atoms with Crippen molar-refractivity contribution in [2.75, 3.05) is 37.9 Å². The second-order valence-corrected chi connectivity index (χ2v) is 5.89. The molecule has 0 saturated carbocycles. The Bertz CT molecular complexity index is 360. The van der Waals surface area contributed by atoms with Crippen molar-refractivity contribution in [3.63, 3.8) is 0 Å². The molecular weight excluding hydrogens is 284 g/mol. The summed E-state index contributed by atoms with van der Waals surface area (Å²) in [7, 11) is 0. The van der Waals surface area contributed by atoms with Gasteiger partial charge in [-0.05, 0) is 12.8 Å². The van der Waals surface area contributed by atoms with Crippen LogP contribution in [0, 0.1) is 0 Å². The molecule has 8 heteroatoms. The third-order valence-electron chi connectivity index (χ3n) is 3.57. The molecule has 7 nitrogen and oxygen atoms in total. The van der Waals surface area contributed by atoms with Gasteiger partial charge in [0, 0.05) is 18.8 Å². The summed E-state index contributed by atoms with van der Waals surface area (Å²) in [4.78, 5) is 26.6. The number of piperidine rings is 1. The van der Waals surface area contributed by atoms with Crippen molar-refractivity contribution in [2.45, 2.75) is 25.0 Å². The molecule has 114 valence electrons. The van der Waals surface area contributed by atoms with E-state index in [2.05, 4.69) is 0 Å². The molecule has 2 heterocycles. The second-order valence-electron chi connectivity index (χ2n) is 4.89. The maximum Gasteiger partial charge on any atom is 0.327 e. The van der Waals surface area contributed by atoms with E-state index in [1.807, 2.05) is 0 Å². The van der Waals surface area contributed by atoms with Crippen molar-refractivity contribution in [3.05, 3.63) is 0 Å². The number of amides is 2. The molecule has 20 heavy (non-hydrogen) atoms. The number of aliphatic hydroxyl groups excluding tert-OH is 1. The molecule has 0 aromatic heterocycles. The first-order chi connectivity index (χ1) is 9.63. The molecule has 2 aliphatic rings. The van der Waals surface area contributed by atoms with Crippen LogP contribution >= 0.6 is 11.8 Å². The van der Waals surface area contributed by atoms with Gasteiger partial charge < -0.3 is 24.7 Å². The zero-order chi connectivity index (χ0) is 14.5. The minimum Gasteiger partial charge on any atom is -0.480 e. The van der Waals surface area contributed by atoms with E-state index in [-0.39, 0.29) is 18.7 Å². The molecule has 2 aliphatic heterocycles. The lowest BCUT2D eigenvalue weighted by Crippen LogP contribution is -2.51. The first-order valence-corrected chi connectivity index (χ1v) is 7.87. The number of hydrogen-bond acceptors (Lipinski definition) is 5. The maximum atomic E-state index is 12.3. The lowest BCUT2D eigenvalue weighted by Gasteiger charge is -2.35. The van der Waals surface area contributed by atoms with E-state index in [1.165, 1.54) is 16.7 Å². The van der Waals surface area contributed by atoms with Crippen LogP contribution in [0.3, 0.4) is 0 Å². The molecular formula is C12H20N2O5S. The van der Waals surface area contributed by atoms with E-state index in [0.29, 0.717) is 31.3 Å². The largest absolute Gasteiger partial charge is 0.480 e. The minimum atomic E-state index is -0.940. The Morgan fingerprint density at radius 1 is 1.30 bits per heavy atom. The van der Waals surface area contributed by atoms with Gasteiger partial charge >= 0.3 is 12.0 Å². The van der Waals surface area contributed by atoms with Crippen molar-refractivity contribution in [3.8, 4) is 0 Å². The normalized spacial score (nSPS) is 24.1. The number of aliphatic carboxylic acids is 1. The second kappa shape index (κ2) is 7.14. The van der Waals surface area contributed by atoms with E-state index in [9.17, 15) is 9.59 Å². The Balaban J connectivity index is 1.84. The van der Waals surface area contributed by atoms with Crippen LogP contribution < -0.4 is 0 Å². The highest BCUT2D eigenvalue weighted by Crippen LogP contribution is 2.24. The number of urea groups is 1. The fourth-order valence-electron chi connectivity index (χ4n) is 2.45. The molecule has 0 spiro atoms. The van der Waals surface area contributed by atoms with Crippen LogP contribution in [0.1, 0.15) is 12.8 Å². The molecule has 0 aromatic carbocycles. The predicted molar refractivity (Wildman–Crippen MR) is 73.6 cm³/mol. The summed E-state index contributed by atoms with van der Waals surface area (Å²) in [5, 5.41) is 17.8. The summed E-state index contributed by atoms with van der Waals surface area (Å²) in [6.07, 6.45) is 1.53. The third kappa shape index (κ3) is 3.56. The van der Waals surface area contributed by atoms with Gasteiger partial charge in [0.15, 0.2) is 0 Å². The highest BCUT2D eigenvalue weighted by Gasteiger charge is 2.37. The predicted octanol–water partition coefficient (Wildman–Crippen LogP) is 0.0392. The number of hydrogen-bond donors (Lipinski definition) is 2. The molecule has 1 atom stereocenters. The maximum absolute atomic E-state index is 12.3. The molecule has 0 aliphatic carbocycles. The molecule has 2 rings (SSSR count). The van der Waals surface area contributed by atoms with Gasteiger partial charge in [0.05, 0.1) is 25.2 Å². The van der Waals surface area contributed by atoms with E-state index >= 15 is 0 Å². The molecule has 2 N–H and O–H groups in total. The smallest absolute Gasteiger partial charge is 0.327 e. The van der Waals surface area contributed by atoms with Crippen molar-refractivity contribution in [1.82, 2.24) is 9.80 Å². The highest BCUT2D eigenvalue weighted by molar-refractivity contribution is 7.99. The number of carboxylic acid groups (broad SMARTS) is 1. The van der Waals surface area contributed by atoms with Crippen LogP contribution in [0.4, 0.5) is 4.79 Å². The Hall–Kier alpha value is -0.990. The summed E-state index contributed by atoms with van der Waals surface area (Å²) in [5.74, 6) is -0.0435. The van der Waals surface area contributed by atoms with Gasteiger partial charge in [0.1, 0.15) is 6.04 Å². The average molecular weight is 304 g/mol. The summed E-state index contributed by atoms with van der Waals surface area (Å²) in [6.45, 7) is 1.47. The lowest BCUT2D eigenvalue weighted by molar-refractivity contribution is -0.141. The third-order valence-corrected chi connectivity index (χ3v) is 4.58. The van der Waals surface area contributed by atoms with Crippen LogP contribution in [-0.2, 0) is 9.53 Å². The van der Waals surface area contributed by atoms with Crippen LogP contribution in [-0.4, -0.2) is 82.1 Å². The van der Waals surface area contributed by atoms with Crippen molar-refractivity contribution < 1.29 is 24.5 Å². The van der Waals surface area contributed by atoms with E-state index < -0.39 is 12.0 Å². The number of aliphatic hydroxyl groups is 1. The van der Waals surface area contributed by atoms with Crippen molar-refractivity contribution >= 4 is 23.8 Å². The van der Waals surface area contributed by atoms with Gasteiger partial charge in [-0.15, -0.1) is 11.8 Å². The van der Waals surface area contributed by atoms with Gasteiger partial charge in [0.25, 0.3) is 0 Å². The highest BCUT2D eigenvalue weighted by atomic mass is 32.2. The number of thioether (sulfide) groups is 1. The molecule has 0 radical (unpaired) electrons. The summed E-state index contributed by atoms with van der Waals surface area (Å²) in [5.41, 5.74) is 0. The number of nitrogens with zero attached hydrogens (tertiary/aromatic N) is 2. The number of carbonyl (C=O) groups is 2. The van der Waals surface area contributed by atoms with Crippen molar-refractivity contribution in [2.24, 2.45) is 0 Å². The van der Waals surface area contributed by atoms with Gasteiger partial charge in [-0.3, -0.25) is 0 Å². The zero-order valence-electron chi connectivity index (χ0n) is 11.2. The summed E-state index contributed by atoms with van der Waals surface area (Å²) < 4.78 is 5.45. The van der Waals surface area contributed by atoms with Crippen molar-refractivity contribution in [1.29, 1.82) is 0 Å². The van der Waals surface area contributed by atoms with Crippen LogP contribution in [0.25, 0.3) is 0 Å². The van der Waals surface area contributed by atoms with E-state index in [1.54, 1.807) is 4.90 Å². The Morgan fingerprint density at radius 3 is 2.60 bits per heavy atom. The van der Waals surface area contributed by atoms with E-state index in [4.69, 9.17) is 14.9 Å². The minimum absolute atomic E-state index is 0.00440. The summed E-state index contributed by atoms with van der Waals surface area (Å²) in [6, 6.07) is -0.904. The van der Waals surface area contributed by atoms with Gasteiger partial charge in [-0.1, -0.05) is 0 Å². The van der Waals surface area contributed by atoms with E-state index in [0.717, 1.165) is 12.8 Å². The van der Waals surface area contributed by atoms with Gasteiger partial charge in [-0.25, -0.2) is 9.59 Å².